The number of hydrogen-bond donors (Lipinski definition) is 3. The summed E-state index contributed by atoms with van der Waals surface area (Å²) in [6.07, 6.45) is -0.0387. The molecule has 0 fully saturated rings. The molecular formula is C9H13BrN2O. The molecule has 5 N–H and O–H groups in total. The van der Waals surface area contributed by atoms with Gasteiger partial charge in [-0.1, -0.05) is 12.1 Å². The third-order valence-corrected chi connectivity index (χ3v) is 2.58. The van der Waals surface area contributed by atoms with Gasteiger partial charge in [0.2, 0.25) is 0 Å². The topological polar surface area (TPSA) is 72.3 Å². The van der Waals surface area contributed by atoms with Gasteiger partial charge in [-0.05, 0) is 35.0 Å². The van der Waals surface area contributed by atoms with Crippen LogP contribution < -0.4 is 11.5 Å². The fraction of sp³-hybridized carbons (Fsp3) is 0.333. The zero-order valence-electron chi connectivity index (χ0n) is 7.20. The predicted octanol–water partition coefficient (Wildman–Crippen LogP) is 1.41. The van der Waals surface area contributed by atoms with Gasteiger partial charge in [0.1, 0.15) is 0 Å². The van der Waals surface area contributed by atoms with Crippen molar-refractivity contribution in [3.05, 3.63) is 28.2 Å². The number of anilines is 1. The average Bonchev–Trinajstić information content (AvgIpc) is 2.10. The molecule has 0 saturated carbocycles. The van der Waals surface area contributed by atoms with Crippen molar-refractivity contribution in [1.82, 2.24) is 0 Å². The maximum Gasteiger partial charge on any atom is 0.0822 e. The zero-order valence-corrected chi connectivity index (χ0v) is 8.79. The highest BCUT2D eigenvalue weighted by Gasteiger charge is 2.11. The molecule has 1 rings (SSSR count). The summed E-state index contributed by atoms with van der Waals surface area (Å²) in [5.74, 6) is 0. The molecule has 1 unspecified atom stereocenters. The minimum absolute atomic E-state index is 0.452. The first-order valence-corrected chi connectivity index (χ1v) is 4.88. The Morgan fingerprint density at radius 1 is 1.46 bits per heavy atom. The van der Waals surface area contributed by atoms with Gasteiger partial charge in [0.05, 0.1) is 11.8 Å². The minimum atomic E-state index is -0.567. The summed E-state index contributed by atoms with van der Waals surface area (Å²) in [7, 11) is 0. The van der Waals surface area contributed by atoms with E-state index < -0.39 is 6.10 Å². The Kier molecular flexibility index (Phi) is 3.71. The van der Waals surface area contributed by atoms with Crippen molar-refractivity contribution in [3.8, 4) is 0 Å². The monoisotopic (exact) mass is 244 g/mol. The third-order valence-electron chi connectivity index (χ3n) is 1.89. The third kappa shape index (κ3) is 2.43. The molecule has 0 aliphatic rings. The fourth-order valence-electron chi connectivity index (χ4n) is 1.16. The first-order valence-electron chi connectivity index (χ1n) is 4.09. The molecule has 4 heteroatoms. The van der Waals surface area contributed by atoms with Crippen LogP contribution in [0.4, 0.5) is 5.69 Å². The Morgan fingerprint density at radius 3 is 2.77 bits per heavy atom. The average molecular weight is 245 g/mol. The number of aliphatic hydroxyl groups is 1. The number of benzene rings is 1. The Balaban J connectivity index is 2.93. The number of halogens is 1. The molecule has 0 heterocycles. The Morgan fingerprint density at radius 2 is 2.15 bits per heavy atom. The number of hydrogen-bond acceptors (Lipinski definition) is 3. The zero-order chi connectivity index (χ0) is 9.84. The molecule has 72 valence electrons. The Hall–Kier alpha value is -0.580. The second-order valence-electron chi connectivity index (χ2n) is 2.84. The van der Waals surface area contributed by atoms with Crippen LogP contribution in [0.25, 0.3) is 0 Å². The minimum Gasteiger partial charge on any atom is -0.398 e. The van der Waals surface area contributed by atoms with Gasteiger partial charge in [0.15, 0.2) is 0 Å². The molecule has 0 amide bonds. The van der Waals surface area contributed by atoms with Crippen LogP contribution in [0.2, 0.25) is 0 Å². The molecule has 1 aromatic carbocycles. The molecule has 3 nitrogen and oxygen atoms in total. The van der Waals surface area contributed by atoms with E-state index in [1.54, 1.807) is 6.07 Å². The van der Waals surface area contributed by atoms with E-state index >= 15 is 0 Å². The van der Waals surface area contributed by atoms with Crippen LogP contribution in [0.5, 0.6) is 0 Å². The van der Waals surface area contributed by atoms with Crippen LogP contribution in [0.15, 0.2) is 22.7 Å². The highest BCUT2D eigenvalue weighted by Crippen LogP contribution is 2.28. The number of para-hydroxylation sites is 1. The summed E-state index contributed by atoms with van der Waals surface area (Å²) in [6, 6.07) is 5.49. The van der Waals surface area contributed by atoms with E-state index in [2.05, 4.69) is 15.9 Å². The summed E-state index contributed by atoms with van der Waals surface area (Å²) in [6.45, 7) is 0.452. The number of rotatable bonds is 3. The van der Waals surface area contributed by atoms with E-state index in [4.69, 9.17) is 11.5 Å². The van der Waals surface area contributed by atoms with E-state index in [1.165, 1.54) is 0 Å². The molecule has 13 heavy (non-hydrogen) atoms. The van der Waals surface area contributed by atoms with Crippen molar-refractivity contribution in [3.63, 3.8) is 0 Å². The van der Waals surface area contributed by atoms with Gasteiger partial charge in [-0.2, -0.15) is 0 Å². The molecule has 0 aromatic heterocycles. The van der Waals surface area contributed by atoms with Crippen LogP contribution in [-0.4, -0.2) is 11.7 Å². The lowest BCUT2D eigenvalue weighted by Crippen LogP contribution is -2.08. The summed E-state index contributed by atoms with van der Waals surface area (Å²) < 4.78 is 0.807. The molecular weight excluding hydrogens is 232 g/mol. The van der Waals surface area contributed by atoms with Gasteiger partial charge < -0.3 is 16.6 Å². The molecule has 0 aliphatic carbocycles. The molecule has 0 spiro atoms. The van der Waals surface area contributed by atoms with Crippen molar-refractivity contribution in [2.24, 2.45) is 5.73 Å². The molecule has 1 atom stereocenters. The molecule has 0 aliphatic heterocycles. The molecule has 1 aromatic rings. The van der Waals surface area contributed by atoms with Crippen LogP contribution in [0.3, 0.4) is 0 Å². The van der Waals surface area contributed by atoms with E-state index in [1.807, 2.05) is 12.1 Å². The van der Waals surface area contributed by atoms with Crippen molar-refractivity contribution >= 4 is 21.6 Å². The van der Waals surface area contributed by atoms with Gasteiger partial charge in [-0.3, -0.25) is 0 Å². The maximum absolute atomic E-state index is 9.64. The van der Waals surface area contributed by atoms with Crippen molar-refractivity contribution in [1.29, 1.82) is 0 Å². The molecule has 0 radical (unpaired) electrons. The Bertz CT molecular complexity index is 291. The van der Waals surface area contributed by atoms with Gasteiger partial charge in [0, 0.05) is 10.0 Å². The number of nitrogen functional groups attached to an aromatic ring is 1. The number of aliphatic hydroxyl groups excluding tert-OH is 1. The Labute approximate surface area is 85.9 Å². The first-order chi connectivity index (χ1) is 6.16. The molecule has 0 bridgehead atoms. The smallest absolute Gasteiger partial charge is 0.0822 e. The van der Waals surface area contributed by atoms with Crippen molar-refractivity contribution in [2.45, 2.75) is 12.5 Å². The molecule has 0 saturated heterocycles. The fourth-order valence-corrected chi connectivity index (χ4v) is 1.54. The van der Waals surface area contributed by atoms with Crippen LogP contribution in [0, 0.1) is 0 Å². The van der Waals surface area contributed by atoms with Gasteiger partial charge in [0.25, 0.3) is 0 Å². The second-order valence-corrected chi connectivity index (χ2v) is 3.69. The summed E-state index contributed by atoms with van der Waals surface area (Å²) in [4.78, 5) is 0. The van der Waals surface area contributed by atoms with Gasteiger partial charge in [-0.25, -0.2) is 0 Å². The number of nitrogens with two attached hydrogens (primary N) is 2. The SMILES string of the molecule is NCCC(O)c1cccc(Br)c1N. The van der Waals surface area contributed by atoms with Gasteiger partial charge >= 0.3 is 0 Å². The lowest BCUT2D eigenvalue weighted by atomic mass is 10.1. The highest BCUT2D eigenvalue weighted by atomic mass is 79.9. The highest BCUT2D eigenvalue weighted by molar-refractivity contribution is 9.10. The van der Waals surface area contributed by atoms with Crippen molar-refractivity contribution < 1.29 is 5.11 Å². The normalized spacial score (nSPS) is 12.8. The lowest BCUT2D eigenvalue weighted by molar-refractivity contribution is 0.171. The first kappa shape index (κ1) is 10.5. The predicted molar refractivity (Wildman–Crippen MR) is 57.2 cm³/mol. The van der Waals surface area contributed by atoms with E-state index in [0.29, 0.717) is 18.7 Å². The standard InChI is InChI=1S/C9H13BrN2O/c10-7-3-1-2-6(9(7)12)8(13)4-5-11/h1-3,8,13H,4-5,11-12H2. The van der Waals surface area contributed by atoms with Crippen LogP contribution >= 0.6 is 15.9 Å². The summed E-state index contributed by atoms with van der Waals surface area (Å²) in [5.41, 5.74) is 12.4. The summed E-state index contributed by atoms with van der Waals surface area (Å²) >= 11 is 3.30. The van der Waals surface area contributed by atoms with E-state index in [9.17, 15) is 5.11 Å². The van der Waals surface area contributed by atoms with Gasteiger partial charge in [-0.15, -0.1) is 0 Å². The maximum atomic E-state index is 9.64. The van der Waals surface area contributed by atoms with E-state index in [-0.39, 0.29) is 0 Å². The quantitative estimate of drug-likeness (QED) is 0.705. The van der Waals surface area contributed by atoms with E-state index in [0.717, 1.165) is 10.0 Å². The van der Waals surface area contributed by atoms with Crippen LogP contribution in [0.1, 0.15) is 18.1 Å². The largest absolute Gasteiger partial charge is 0.398 e. The van der Waals surface area contributed by atoms with Crippen molar-refractivity contribution in [2.75, 3.05) is 12.3 Å². The van der Waals surface area contributed by atoms with Crippen LogP contribution in [-0.2, 0) is 0 Å². The summed E-state index contributed by atoms with van der Waals surface area (Å²) in [5, 5.41) is 9.64. The lowest BCUT2D eigenvalue weighted by Gasteiger charge is -2.12. The second kappa shape index (κ2) is 4.60.